The van der Waals surface area contributed by atoms with Crippen LogP contribution >= 0.6 is 15.6 Å². The number of carbonyl (C=O) groups is 4. The van der Waals surface area contributed by atoms with Crippen molar-refractivity contribution in [3.05, 3.63) is 0 Å². The van der Waals surface area contributed by atoms with Gasteiger partial charge < -0.3 is 33.8 Å². The van der Waals surface area contributed by atoms with E-state index in [9.17, 15) is 43.2 Å². The normalized spacial score (nSPS) is 14.0. The summed E-state index contributed by atoms with van der Waals surface area (Å²) >= 11 is 0. The second kappa shape index (κ2) is 68.8. The summed E-state index contributed by atoms with van der Waals surface area (Å²) in [5.41, 5.74) is 0. The van der Waals surface area contributed by atoms with Crippen LogP contribution in [-0.4, -0.2) is 96.7 Å². The molecule has 17 nitrogen and oxygen atoms in total. The Morgan fingerprint density at radius 1 is 0.281 bits per heavy atom. The summed E-state index contributed by atoms with van der Waals surface area (Å²) in [5.74, 6) is -0.680. The first-order chi connectivity index (χ1) is 46.4. The van der Waals surface area contributed by atoms with Crippen molar-refractivity contribution in [3.63, 3.8) is 0 Å². The van der Waals surface area contributed by atoms with Crippen molar-refractivity contribution >= 4 is 39.5 Å². The van der Waals surface area contributed by atoms with Gasteiger partial charge in [-0.2, -0.15) is 0 Å². The summed E-state index contributed by atoms with van der Waals surface area (Å²) < 4.78 is 68.5. The molecule has 0 heterocycles. The second-order valence-electron chi connectivity index (χ2n) is 28.7. The fraction of sp³-hybridized carbons (Fsp3) is 0.948. The molecular formula is C77H150O17P2. The molecule has 0 aliphatic heterocycles. The number of phosphoric ester groups is 2. The van der Waals surface area contributed by atoms with E-state index in [-0.39, 0.29) is 25.7 Å². The van der Waals surface area contributed by atoms with E-state index in [1.165, 1.54) is 212 Å². The quantitative estimate of drug-likeness (QED) is 0.0222. The van der Waals surface area contributed by atoms with Gasteiger partial charge in [-0.1, -0.05) is 350 Å². The van der Waals surface area contributed by atoms with Crippen molar-refractivity contribution in [2.75, 3.05) is 39.6 Å². The van der Waals surface area contributed by atoms with Crippen LogP contribution in [0, 0.1) is 11.8 Å². The number of ether oxygens (including phenoxy) is 4. The Hall–Kier alpha value is -1.94. The number of hydrogen-bond donors (Lipinski definition) is 3. The molecule has 0 radical (unpaired) electrons. The molecule has 0 bridgehead atoms. The van der Waals surface area contributed by atoms with E-state index in [0.29, 0.717) is 31.6 Å². The lowest BCUT2D eigenvalue weighted by atomic mass is 10.0. The van der Waals surface area contributed by atoms with Crippen LogP contribution < -0.4 is 0 Å². The van der Waals surface area contributed by atoms with E-state index in [4.69, 9.17) is 37.0 Å². The van der Waals surface area contributed by atoms with Gasteiger partial charge >= 0.3 is 39.5 Å². The number of carbonyl (C=O) groups excluding carboxylic acids is 4. The molecule has 570 valence electrons. The SMILES string of the molecule is CCCCCCCCCCCCCCCCCCCCCCCCC(=O)O[C@H](COC(=O)CCCCCCCCCCCCC(C)C)COP(=O)(O)OC[C@@H](O)COP(=O)(O)OC[C@@H](COC(=O)CCCCCCCCC(C)C)OC(=O)CCCCCCCCCCCCCC. The molecule has 0 aromatic rings. The number of unbranched alkanes of at least 4 members (excludes halogenated alkanes) is 46. The zero-order valence-corrected chi connectivity index (χ0v) is 64.5. The third-order valence-corrected chi connectivity index (χ3v) is 19.9. The summed E-state index contributed by atoms with van der Waals surface area (Å²) in [7, 11) is -9.91. The van der Waals surface area contributed by atoms with E-state index in [1.807, 2.05) is 0 Å². The van der Waals surface area contributed by atoms with E-state index >= 15 is 0 Å². The van der Waals surface area contributed by atoms with Gasteiger partial charge in [0, 0.05) is 25.7 Å². The van der Waals surface area contributed by atoms with Gasteiger partial charge in [0.15, 0.2) is 12.2 Å². The predicted octanol–water partition coefficient (Wildman–Crippen LogP) is 22.7. The largest absolute Gasteiger partial charge is 0.472 e. The summed E-state index contributed by atoms with van der Waals surface area (Å²) in [6, 6.07) is 0. The van der Waals surface area contributed by atoms with Crippen molar-refractivity contribution in [3.8, 4) is 0 Å². The minimum absolute atomic E-state index is 0.106. The Balaban J connectivity index is 5.17. The van der Waals surface area contributed by atoms with Crippen molar-refractivity contribution in [2.24, 2.45) is 11.8 Å². The van der Waals surface area contributed by atoms with Crippen LogP contribution in [0.15, 0.2) is 0 Å². The average molecular weight is 1410 g/mol. The van der Waals surface area contributed by atoms with Crippen molar-refractivity contribution in [1.29, 1.82) is 0 Å². The highest BCUT2D eigenvalue weighted by atomic mass is 31.2. The van der Waals surface area contributed by atoms with Crippen LogP contribution in [0.5, 0.6) is 0 Å². The third kappa shape index (κ3) is 70.5. The second-order valence-corrected chi connectivity index (χ2v) is 31.6. The number of esters is 4. The lowest BCUT2D eigenvalue weighted by Crippen LogP contribution is -2.30. The zero-order valence-electron chi connectivity index (χ0n) is 62.7. The average Bonchev–Trinajstić information content (AvgIpc) is 3.16. The van der Waals surface area contributed by atoms with Crippen LogP contribution in [0.4, 0.5) is 0 Å². The van der Waals surface area contributed by atoms with Crippen LogP contribution in [0.3, 0.4) is 0 Å². The summed E-state index contributed by atoms with van der Waals surface area (Å²) in [5, 5.41) is 10.6. The van der Waals surface area contributed by atoms with Gasteiger partial charge in [-0.05, 0) is 37.5 Å². The van der Waals surface area contributed by atoms with Crippen molar-refractivity contribution in [2.45, 2.75) is 419 Å². The maximum atomic E-state index is 13.1. The molecular weight excluding hydrogens is 1260 g/mol. The Morgan fingerprint density at radius 2 is 0.479 bits per heavy atom. The van der Waals surface area contributed by atoms with Crippen molar-refractivity contribution < 1.29 is 80.2 Å². The maximum Gasteiger partial charge on any atom is 0.472 e. The van der Waals surface area contributed by atoms with E-state index in [0.717, 1.165) is 102 Å². The molecule has 0 aliphatic rings. The van der Waals surface area contributed by atoms with Gasteiger partial charge in [0.1, 0.15) is 19.3 Å². The standard InChI is InChI=1S/C77H150O17P2/c1-7-9-11-13-15-17-19-21-22-23-24-25-26-27-28-29-30-32-38-42-50-56-62-77(82)93-72(65-87-74(79)59-53-47-40-36-34-33-35-39-45-51-57-69(3)4)67-91-95(83,84)89-63-71(78)64-90-96(85,86)92-68-73(66-88-75(80)60-54-48-44-43-46-52-58-70(5)6)94-76(81)61-55-49-41-37-31-20-18-16-14-12-10-8-2/h69-73,78H,7-68H2,1-6H3,(H,83,84)(H,85,86)/t71-,72-,73-/m1/s1. The Morgan fingerprint density at radius 3 is 0.708 bits per heavy atom. The van der Waals surface area contributed by atoms with E-state index in [1.54, 1.807) is 0 Å². The van der Waals surface area contributed by atoms with E-state index < -0.39 is 97.5 Å². The lowest BCUT2D eigenvalue weighted by molar-refractivity contribution is -0.161. The highest BCUT2D eigenvalue weighted by Crippen LogP contribution is 2.45. The maximum absolute atomic E-state index is 13.1. The van der Waals surface area contributed by atoms with Gasteiger partial charge in [0.25, 0.3) is 0 Å². The fourth-order valence-electron chi connectivity index (χ4n) is 11.8. The smallest absolute Gasteiger partial charge is 0.462 e. The minimum Gasteiger partial charge on any atom is -0.462 e. The monoisotopic (exact) mass is 1410 g/mol. The summed E-state index contributed by atoms with van der Waals surface area (Å²) in [6.45, 7) is 9.51. The highest BCUT2D eigenvalue weighted by Gasteiger charge is 2.30. The Bertz CT molecular complexity index is 1860. The molecule has 0 saturated carbocycles. The molecule has 0 amide bonds. The van der Waals surface area contributed by atoms with Gasteiger partial charge in [0.2, 0.25) is 0 Å². The third-order valence-electron chi connectivity index (χ3n) is 18.0. The van der Waals surface area contributed by atoms with Crippen molar-refractivity contribution in [1.82, 2.24) is 0 Å². The van der Waals surface area contributed by atoms with Gasteiger partial charge in [-0.15, -0.1) is 0 Å². The summed E-state index contributed by atoms with van der Waals surface area (Å²) in [6.07, 6.45) is 57.2. The van der Waals surface area contributed by atoms with Gasteiger partial charge in [0.05, 0.1) is 26.4 Å². The summed E-state index contributed by atoms with van der Waals surface area (Å²) in [4.78, 5) is 72.7. The molecule has 0 saturated heterocycles. The van der Waals surface area contributed by atoms with Crippen LogP contribution in [0.1, 0.15) is 401 Å². The number of hydrogen-bond acceptors (Lipinski definition) is 15. The van der Waals surface area contributed by atoms with Gasteiger partial charge in [-0.3, -0.25) is 37.3 Å². The van der Waals surface area contributed by atoms with E-state index in [2.05, 4.69) is 41.5 Å². The van der Waals surface area contributed by atoms with Crippen LogP contribution in [-0.2, 0) is 65.4 Å². The number of aliphatic hydroxyl groups excluding tert-OH is 1. The molecule has 0 aliphatic carbocycles. The topological polar surface area (TPSA) is 237 Å². The molecule has 0 spiro atoms. The first kappa shape index (κ1) is 94.1. The number of aliphatic hydroxyl groups is 1. The van der Waals surface area contributed by atoms with Gasteiger partial charge in [-0.25, -0.2) is 9.13 Å². The molecule has 19 heteroatoms. The Kier molecular flexibility index (Phi) is 67.4. The molecule has 3 N–H and O–H groups in total. The zero-order chi connectivity index (χ0) is 70.7. The lowest BCUT2D eigenvalue weighted by Gasteiger charge is -2.21. The minimum atomic E-state index is -4.96. The first-order valence-corrected chi connectivity index (χ1v) is 43.0. The number of rotatable bonds is 76. The Labute approximate surface area is 588 Å². The van der Waals surface area contributed by atoms with Crippen LogP contribution in [0.2, 0.25) is 0 Å². The molecule has 0 fully saturated rings. The first-order valence-electron chi connectivity index (χ1n) is 40.0. The van der Waals surface area contributed by atoms with Crippen LogP contribution in [0.25, 0.3) is 0 Å². The molecule has 5 atom stereocenters. The molecule has 96 heavy (non-hydrogen) atoms. The molecule has 0 rings (SSSR count). The number of phosphoric acid groups is 2. The molecule has 0 aromatic heterocycles. The molecule has 0 aromatic carbocycles. The highest BCUT2D eigenvalue weighted by molar-refractivity contribution is 7.47. The molecule has 2 unspecified atom stereocenters. The fourth-order valence-corrected chi connectivity index (χ4v) is 13.4. The predicted molar refractivity (Wildman–Crippen MR) is 391 cm³/mol.